The van der Waals surface area contributed by atoms with E-state index in [1.807, 2.05) is 0 Å². The molecule has 0 aliphatic heterocycles. The van der Waals surface area contributed by atoms with Crippen molar-refractivity contribution in [3.05, 3.63) is 17.8 Å². The van der Waals surface area contributed by atoms with Crippen LogP contribution in [0.15, 0.2) is 17.8 Å². The van der Waals surface area contributed by atoms with Crippen LogP contribution in [0.5, 0.6) is 0 Å². The van der Waals surface area contributed by atoms with E-state index in [-0.39, 0.29) is 0 Å². The van der Waals surface area contributed by atoms with Gasteiger partial charge < -0.3 is 10.6 Å². The highest BCUT2D eigenvalue weighted by molar-refractivity contribution is 7.16. The Morgan fingerprint density at radius 1 is 1.25 bits per heavy atom. The van der Waals surface area contributed by atoms with Gasteiger partial charge >= 0.3 is 0 Å². The van der Waals surface area contributed by atoms with E-state index in [1.165, 1.54) is 37.5 Å². The van der Waals surface area contributed by atoms with Crippen molar-refractivity contribution in [3.63, 3.8) is 0 Å². The predicted octanol–water partition coefficient (Wildman–Crippen LogP) is 3.18. The zero-order valence-electron chi connectivity index (χ0n) is 11.8. The third kappa shape index (κ3) is 2.79. The molecular formula is C15H22N4S. The maximum absolute atomic E-state index is 5.72. The SMILES string of the molecule is NCCCN(c1ncnc2sccc12)C1CCCCC1. The number of fused-ring (bicyclic) bond motifs is 1. The summed E-state index contributed by atoms with van der Waals surface area (Å²) in [6.07, 6.45) is 9.32. The van der Waals surface area contributed by atoms with Crippen LogP contribution < -0.4 is 10.6 Å². The minimum atomic E-state index is 0.619. The van der Waals surface area contributed by atoms with Crippen molar-refractivity contribution in [1.29, 1.82) is 0 Å². The predicted molar refractivity (Wildman–Crippen MR) is 85.3 cm³/mol. The van der Waals surface area contributed by atoms with Crippen LogP contribution >= 0.6 is 11.3 Å². The zero-order chi connectivity index (χ0) is 13.8. The molecule has 0 spiro atoms. The van der Waals surface area contributed by atoms with Gasteiger partial charge in [0.05, 0.1) is 5.39 Å². The maximum atomic E-state index is 5.72. The van der Waals surface area contributed by atoms with Gasteiger partial charge in [-0.15, -0.1) is 11.3 Å². The van der Waals surface area contributed by atoms with Gasteiger partial charge in [-0.2, -0.15) is 0 Å². The summed E-state index contributed by atoms with van der Waals surface area (Å²) in [7, 11) is 0. The summed E-state index contributed by atoms with van der Waals surface area (Å²) in [5, 5.41) is 3.30. The van der Waals surface area contributed by atoms with Crippen molar-refractivity contribution in [2.24, 2.45) is 5.73 Å². The van der Waals surface area contributed by atoms with Crippen LogP contribution in [0.4, 0.5) is 5.82 Å². The fourth-order valence-electron chi connectivity index (χ4n) is 3.12. The number of rotatable bonds is 5. The third-order valence-electron chi connectivity index (χ3n) is 4.13. The van der Waals surface area contributed by atoms with Crippen molar-refractivity contribution < 1.29 is 0 Å². The average Bonchev–Trinajstić information content (AvgIpc) is 2.98. The monoisotopic (exact) mass is 290 g/mol. The number of nitrogens with zero attached hydrogens (tertiary/aromatic N) is 3. The van der Waals surface area contributed by atoms with Crippen molar-refractivity contribution in [3.8, 4) is 0 Å². The summed E-state index contributed by atoms with van der Waals surface area (Å²) in [6, 6.07) is 2.77. The normalized spacial score (nSPS) is 16.6. The molecule has 4 nitrogen and oxygen atoms in total. The molecule has 0 amide bonds. The largest absolute Gasteiger partial charge is 0.353 e. The second kappa shape index (κ2) is 6.50. The van der Waals surface area contributed by atoms with Gasteiger partial charge in [-0.1, -0.05) is 19.3 Å². The second-order valence-electron chi connectivity index (χ2n) is 5.46. The van der Waals surface area contributed by atoms with Crippen LogP contribution in [-0.4, -0.2) is 29.1 Å². The number of anilines is 1. The molecule has 1 aliphatic carbocycles. The Morgan fingerprint density at radius 2 is 2.10 bits per heavy atom. The lowest BCUT2D eigenvalue weighted by Gasteiger charge is -2.35. The van der Waals surface area contributed by atoms with E-state index < -0.39 is 0 Å². The minimum Gasteiger partial charge on any atom is -0.353 e. The van der Waals surface area contributed by atoms with E-state index in [9.17, 15) is 0 Å². The molecule has 0 radical (unpaired) electrons. The maximum Gasteiger partial charge on any atom is 0.141 e. The molecule has 20 heavy (non-hydrogen) atoms. The quantitative estimate of drug-likeness (QED) is 0.919. The van der Waals surface area contributed by atoms with Crippen molar-refractivity contribution >= 4 is 27.4 Å². The molecule has 2 N–H and O–H groups in total. The topological polar surface area (TPSA) is 55.0 Å². The lowest BCUT2D eigenvalue weighted by atomic mass is 9.94. The first-order valence-electron chi connectivity index (χ1n) is 7.55. The van der Waals surface area contributed by atoms with E-state index in [0.717, 1.165) is 30.2 Å². The fourth-order valence-corrected chi connectivity index (χ4v) is 3.85. The van der Waals surface area contributed by atoms with Gasteiger partial charge in [0.1, 0.15) is 17.0 Å². The van der Waals surface area contributed by atoms with Crippen LogP contribution in [0.3, 0.4) is 0 Å². The molecule has 1 aliphatic rings. The number of thiophene rings is 1. The van der Waals surface area contributed by atoms with E-state index in [0.29, 0.717) is 6.04 Å². The molecule has 1 fully saturated rings. The molecular weight excluding hydrogens is 268 g/mol. The lowest BCUT2D eigenvalue weighted by Crippen LogP contribution is -2.39. The zero-order valence-corrected chi connectivity index (χ0v) is 12.6. The Kier molecular flexibility index (Phi) is 4.47. The Hall–Kier alpha value is -1.20. The third-order valence-corrected chi connectivity index (χ3v) is 4.95. The van der Waals surface area contributed by atoms with Gasteiger partial charge in [0, 0.05) is 12.6 Å². The van der Waals surface area contributed by atoms with Gasteiger partial charge in [-0.25, -0.2) is 9.97 Å². The van der Waals surface area contributed by atoms with E-state index in [2.05, 4.69) is 26.3 Å². The first kappa shape index (κ1) is 13.8. The van der Waals surface area contributed by atoms with E-state index >= 15 is 0 Å². The fraction of sp³-hybridized carbons (Fsp3) is 0.600. The number of aromatic nitrogens is 2. The molecule has 0 bridgehead atoms. The molecule has 1 saturated carbocycles. The van der Waals surface area contributed by atoms with Crippen molar-refractivity contribution in [1.82, 2.24) is 9.97 Å². The number of hydrogen-bond donors (Lipinski definition) is 1. The summed E-state index contributed by atoms with van der Waals surface area (Å²) in [5.41, 5.74) is 5.72. The highest BCUT2D eigenvalue weighted by Gasteiger charge is 2.23. The van der Waals surface area contributed by atoms with Crippen LogP contribution in [-0.2, 0) is 0 Å². The van der Waals surface area contributed by atoms with Gasteiger partial charge in [0.25, 0.3) is 0 Å². The molecule has 108 valence electrons. The summed E-state index contributed by atoms with van der Waals surface area (Å²) in [5.74, 6) is 1.11. The standard InChI is InChI=1S/C15H22N4S/c16-8-4-9-19(12-5-2-1-3-6-12)14-13-7-10-20-15(13)18-11-17-14/h7,10-12H,1-6,8-9,16H2. The van der Waals surface area contributed by atoms with Crippen molar-refractivity contribution in [2.45, 2.75) is 44.6 Å². The summed E-state index contributed by atoms with van der Waals surface area (Å²) in [4.78, 5) is 12.5. The molecule has 0 saturated heterocycles. The molecule has 3 rings (SSSR count). The summed E-state index contributed by atoms with van der Waals surface area (Å²) >= 11 is 1.69. The van der Waals surface area contributed by atoms with Gasteiger partial charge in [0.15, 0.2) is 0 Å². The van der Waals surface area contributed by atoms with Crippen LogP contribution in [0.25, 0.3) is 10.2 Å². The van der Waals surface area contributed by atoms with E-state index in [1.54, 1.807) is 17.7 Å². The average molecular weight is 290 g/mol. The Labute approximate surface area is 124 Å². The van der Waals surface area contributed by atoms with Crippen LogP contribution in [0.1, 0.15) is 38.5 Å². The molecule has 5 heteroatoms. The molecule has 2 aromatic rings. The highest BCUT2D eigenvalue weighted by atomic mass is 32.1. The first-order valence-corrected chi connectivity index (χ1v) is 8.43. The van der Waals surface area contributed by atoms with Gasteiger partial charge in [0.2, 0.25) is 0 Å². The van der Waals surface area contributed by atoms with Gasteiger partial charge in [-0.3, -0.25) is 0 Å². The molecule has 0 unspecified atom stereocenters. The minimum absolute atomic E-state index is 0.619. The summed E-state index contributed by atoms with van der Waals surface area (Å²) in [6.45, 7) is 1.74. The Morgan fingerprint density at radius 3 is 2.90 bits per heavy atom. The van der Waals surface area contributed by atoms with Crippen LogP contribution in [0, 0.1) is 0 Å². The smallest absolute Gasteiger partial charge is 0.141 e. The molecule has 0 atom stereocenters. The second-order valence-corrected chi connectivity index (χ2v) is 6.36. The Balaban J connectivity index is 1.92. The highest BCUT2D eigenvalue weighted by Crippen LogP contribution is 2.32. The summed E-state index contributed by atoms with van der Waals surface area (Å²) < 4.78 is 0. The number of nitrogens with two attached hydrogens (primary N) is 1. The lowest BCUT2D eigenvalue weighted by molar-refractivity contribution is 0.411. The number of hydrogen-bond acceptors (Lipinski definition) is 5. The molecule has 0 aromatic carbocycles. The molecule has 2 aromatic heterocycles. The van der Waals surface area contributed by atoms with Gasteiger partial charge in [-0.05, 0) is 37.3 Å². The first-order chi connectivity index (χ1) is 9.90. The Bertz CT molecular complexity index is 548. The molecule has 2 heterocycles. The van der Waals surface area contributed by atoms with E-state index in [4.69, 9.17) is 5.73 Å². The van der Waals surface area contributed by atoms with Crippen LogP contribution in [0.2, 0.25) is 0 Å². The van der Waals surface area contributed by atoms with Crippen molar-refractivity contribution in [2.75, 3.05) is 18.0 Å².